The second-order valence-corrected chi connectivity index (χ2v) is 4.96. The number of nitrogens with one attached hydrogen (secondary N) is 1. The van der Waals surface area contributed by atoms with Gasteiger partial charge < -0.3 is 11.1 Å². The first-order valence-corrected chi connectivity index (χ1v) is 6.27. The van der Waals surface area contributed by atoms with Gasteiger partial charge in [0.1, 0.15) is 11.6 Å². The van der Waals surface area contributed by atoms with E-state index in [0.29, 0.717) is 10.7 Å². The molecule has 1 heterocycles. The molecule has 1 aromatic carbocycles. The molecule has 0 aliphatic heterocycles. The number of nitrogens with zero attached hydrogens (tertiary/aromatic N) is 2. The number of anilines is 3. The number of nitrogens with two attached hydrogens (primary N) is 1. The van der Waals surface area contributed by atoms with Gasteiger partial charge in [0.25, 0.3) is 5.69 Å². The maximum atomic E-state index is 10.7. The molecule has 19 heavy (non-hydrogen) atoms. The quantitative estimate of drug-likeness (QED) is 0.654. The van der Waals surface area contributed by atoms with Crippen LogP contribution in [0.5, 0.6) is 0 Å². The lowest BCUT2D eigenvalue weighted by Gasteiger charge is -2.08. The van der Waals surface area contributed by atoms with Crippen LogP contribution in [0, 0.1) is 10.1 Å². The number of aromatic nitrogens is 1. The van der Waals surface area contributed by atoms with Crippen LogP contribution in [0.3, 0.4) is 0 Å². The Kier molecular flexibility index (Phi) is 3.87. The molecule has 3 N–H and O–H groups in total. The maximum Gasteiger partial charge on any atom is 0.276 e. The third-order valence-corrected chi connectivity index (χ3v) is 3.04. The maximum absolute atomic E-state index is 10.7. The van der Waals surface area contributed by atoms with E-state index in [-0.39, 0.29) is 17.3 Å². The van der Waals surface area contributed by atoms with Gasteiger partial charge in [0, 0.05) is 4.47 Å². The Labute approximate surface area is 121 Å². The highest BCUT2D eigenvalue weighted by Crippen LogP contribution is 2.29. The number of rotatable bonds is 3. The summed E-state index contributed by atoms with van der Waals surface area (Å²) in [6, 6.07) is 7.69. The molecule has 1 aromatic heterocycles. The van der Waals surface area contributed by atoms with Gasteiger partial charge in [0.15, 0.2) is 0 Å². The minimum Gasteiger partial charge on any atom is -0.383 e. The Morgan fingerprint density at radius 2 is 2.11 bits per heavy atom. The van der Waals surface area contributed by atoms with Crippen LogP contribution < -0.4 is 11.1 Å². The molecule has 0 saturated carbocycles. The van der Waals surface area contributed by atoms with Gasteiger partial charge in [0.2, 0.25) is 0 Å². The van der Waals surface area contributed by atoms with Crippen LogP contribution in [-0.4, -0.2) is 9.91 Å². The lowest BCUT2D eigenvalue weighted by molar-refractivity contribution is -0.384. The van der Waals surface area contributed by atoms with Gasteiger partial charge in [0.05, 0.1) is 27.8 Å². The minimum absolute atomic E-state index is 0.0601. The van der Waals surface area contributed by atoms with Crippen LogP contribution in [0.25, 0.3) is 0 Å². The highest BCUT2D eigenvalue weighted by molar-refractivity contribution is 9.10. The van der Waals surface area contributed by atoms with Crippen molar-refractivity contribution in [3.05, 3.63) is 49.9 Å². The Bertz CT molecular complexity index is 651. The van der Waals surface area contributed by atoms with Gasteiger partial charge in [-0.2, -0.15) is 0 Å². The smallest absolute Gasteiger partial charge is 0.276 e. The van der Waals surface area contributed by atoms with Crippen LogP contribution in [-0.2, 0) is 0 Å². The largest absolute Gasteiger partial charge is 0.383 e. The summed E-state index contributed by atoms with van der Waals surface area (Å²) in [7, 11) is 0. The highest BCUT2D eigenvalue weighted by atomic mass is 79.9. The molecule has 0 aliphatic carbocycles. The SMILES string of the molecule is Nc1cc([N+](=O)[O-])cc(Nc2ccc(Br)cc2Cl)n1. The van der Waals surface area contributed by atoms with Crippen LogP contribution in [0.15, 0.2) is 34.8 Å². The molecular formula is C11H8BrClN4O2. The molecule has 2 rings (SSSR count). The van der Waals surface area contributed by atoms with E-state index < -0.39 is 4.92 Å². The fourth-order valence-corrected chi connectivity index (χ4v) is 2.16. The van der Waals surface area contributed by atoms with Crippen molar-refractivity contribution >= 4 is 50.5 Å². The molecule has 0 fully saturated rings. The average molecular weight is 344 g/mol. The van der Waals surface area contributed by atoms with E-state index in [1.807, 2.05) is 0 Å². The van der Waals surface area contributed by atoms with E-state index in [1.165, 1.54) is 12.1 Å². The van der Waals surface area contributed by atoms with Gasteiger partial charge in [-0.1, -0.05) is 27.5 Å². The second-order valence-electron chi connectivity index (χ2n) is 3.64. The number of hydrogen-bond acceptors (Lipinski definition) is 5. The summed E-state index contributed by atoms with van der Waals surface area (Å²) in [4.78, 5) is 14.2. The van der Waals surface area contributed by atoms with Crippen LogP contribution in [0.4, 0.5) is 23.0 Å². The molecule has 2 aromatic rings. The van der Waals surface area contributed by atoms with E-state index in [4.69, 9.17) is 17.3 Å². The number of benzene rings is 1. The van der Waals surface area contributed by atoms with Gasteiger partial charge in [-0.15, -0.1) is 0 Å². The molecule has 0 amide bonds. The van der Waals surface area contributed by atoms with Gasteiger partial charge >= 0.3 is 0 Å². The standard InChI is InChI=1S/C11H8BrClN4O2/c12-6-1-2-9(8(13)3-6)15-11-5-7(17(18)19)4-10(14)16-11/h1-5H,(H3,14,15,16). The summed E-state index contributed by atoms with van der Waals surface area (Å²) in [5.41, 5.74) is 5.96. The molecule has 0 saturated heterocycles. The summed E-state index contributed by atoms with van der Waals surface area (Å²) in [5, 5.41) is 14.1. The van der Waals surface area contributed by atoms with E-state index in [1.54, 1.807) is 18.2 Å². The Balaban J connectivity index is 2.35. The summed E-state index contributed by atoms with van der Waals surface area (Å²) < 4.78 is 0.828. The number of pyridine rings is 1. The van der Waals surface area contributed by atoms with E-state index in [2.05, 4.69) is 26.2 Å². The van der Waals surface area contributed by atoms with Gasteiger partial charge in [-0.25, -0.2) is 4.98 Å². The Morgan fingerprint density at radius 3 is 2.74 bits per heavy atom. The van der Waals surface area contributed by atoms with Crippen LogP contribution in [0.2, 0.25) is 5.02 Å². The molecule has 0 unspecified atom stereocenters. The third-order valence-electron chi connectivity index (χ3n) is 2.23. The molecule has 0 aliphatic rings. The first kappa shape index (κ1) is 13.6. The van der Waals surface area contributed by atoms with Crippen molar-refractivity contribution in [2.45, 2.75) is 0 Å². The van der Waals surface area contributed by atoms with Crippen molar-refractivity contribution in [2.24, 2.45) is 0 Å². The number of nitro groups is 1. The zero-order chi connectivity index (χ0) is 14.0. The average Bonchev–Trinajstić information content (AvgIpc) is 2.32. The number of hydrogen-bond donors (Lipinski definition) is 2. The first-order valence-electron chi connectivity index (χ1n) is 5.10. The lowest BCUT2D eigenvalue weighted by atomic mass is 10.3. The number of nitrogen functional groups attached to an aromatic ring is 1. The highest BCUT2D eigenvalue weighted by Gasteiger charge is 2.11. The van der Waals surface area contributed by atoms with Crippen LogP contribution >= 0.6 is 27.5 Å². The molecule has 98 valence electrons. The predicted molar refractivity (Wildman–Crippen MR) is 77.7 cm³/mol. The van der Waals surface area contributed by atoms with Crippen molar-refractivity contribution in [2.75, 3.05) is 11.1 Å². The topological polar surface area (TPSA) is 94.1 Å². The summed E-state index contributed by atoms with van der Waals surface area (Å²) in [6.07, 6.45) is 0. The fraction of sp³-hybridized carbons (Fsp3) is 0. The van der Waals surface area contributed by atoms with Crippen molar-refractivity contribution < 1.29 is 4.92 Å². The fourth-order valence-electron chi connectivity index (χ4n) is 1.44. The summed E-state index contributed by atoms with van der Waals surface area (Å²) >= 11 is 9.32. The molecule has 0 bridgehead atoms. The molecule has 0 radical (unpaired) electrons. The molecule has 6 nitrogen and oxygen atoms in total. The first-order chi connectivity index (χ1) is 8.95. The molecule has 8 heteroatoms. The zero-order valence-electron chi connectivity index (χ0n) is 9.43. The van der Waals surface area contributed by atoms with E-state index in [0.717, 1.165) is 4.47 Å². The summed E-state index contributed by atoms with van der Waals surface area (Å²) in [6.45, 7) is 0. The second kappa shape index (κ2) is 5.41. The Morgan fingerprint density at radius 1 is 1.37 bits per heavy atom. The van der Waals surface area contributed by atoms with E-state index >= 15 is 0 Å². The third kappa shape index (κ3) is 3.33. The molecule has 0 spiro atoms. The normalized spacial score (nSPS) is 10.2. The number of halogens is 2. The van der Waals surface area contributed by atoms with E-state index in [9.17, 15) is 10.1 Å². The van der Waals surface area contributed by atoms with Crippen molar-refractivity contribution in [1.82, 2.24) is 4.98 Å². The van der Waals surface area contributed by atoms with Crippen molar-refractivity contribution in [1.29, 1.82) is 0 Å². The van der Waals surface area contributed by atoms with Gasteiger partial charge in [-0.05, 0) is 18.2 Å². The van der Waals surface area contributed by atoms with Crippen molar-refractivity contribution in [3.63, 3.8) is 0 Å². The lowest BCUT2D eigenvalue weighted by Crippen LogP contribution is -2.00. The van der Waals surface area contributed by atoms with Crippen LogP contribution in [0.1, 0.15) is 0 Å². The Hall–Kier alpha value is -1.86. The summed E-state index contributed by atoms with van der Waals surface area (Å²) in [5.74, 6) is 0.320. The minimum atomic E-state index is -0.535. The molecule has 0 atom stereocenters. The monoisotopic (exact) mass is 342 g/mol. The van der Waals surface area contributed by atoms with Crippen molar-refractivity contribution in [3.8, 4) is 0 Å². The molecular weight excluding hydrogens is 336 g/mol. The zero-order valence-corrected chi connectivity index (χ0v) is 11.8. The van der Waals surface area contributed by atoms with Gasteiger partial charge in [-0.3, -0.25) is 10.1 Å². The predicted octanol–water partition coefficient (Wildman–Crippen LogP) is 3.73.